The first-order valence-corrected chi connectivity index (χ1v) is 4.51. The van der Waals surface area contributed by atoms with Crippen LogP contribution in [0.25, 0.3) is 0 Å². The van der Waals surface area contributed by atoms with E-state index in [-0.39, 0.29) is 6.29 Å². The molecule has 0 saturated heterocycles. The Bertz CT molecular complexity index is 263. The Morgan fingerprint density at radius 2 is 1.75 bits per heavy atom. The summed E-state index contributed by atoms with van der Waals surface area (Å²) in [7, 11) is 0. The van der Waals surface area contributed by atoms with Crippen LogP contribution in [0.2, 0.25) is 0 Å². The van der Waals surface area contributed by atoms with Crippen LogP contribution in [0.5, 0.6) is 0 Å². The van der Waals surface area contributed by atoms with Gasteiger partial charge in [-0.1, -0.05) is 0 Å². The molecule has 0 rings (SSSR count). The molecule has 0 saturated carbocycles. The first kappa shape index (κ1) is 14.5. The van der Waals surface area contributed by atoms with Gasteiger partial charge in [-0.3, -0.25) is 14.4 Å². The van der Waals surface area contributed by atoms with Gasteiger partial charge in [-0.15, -0.1) is 0 Å². The molecular weight excluding hydrogens is 220 g/mol. The highest BCUT2D eigenvalue weighted by Crippen LogP contribution is 2.08. The molecule has 0 aromatic carbocycles. The standard InChI is InChI=1S/C9H14O7/c1-5(12)15-8(4-11)9(7(14)3-10)16-6(2)13/h4,7-10,14H,3H2,1-2H3/t7-,8+,9+/m1/s1. The van der Waals surface area contributed by atoms with E-state index in [0.29, 0.717) is 0 Å². The number of carbonyl (C=O) groups is 3. The molecule has 2 N–H and O–H groups in total. The molecule has 0 aromatic heterocycles. The second kappa shape index (κ2) is 6.91. The lowest BCUT2D eigenvalue weighted by atomic mass is 10.1. The van der Waals surface area contributed by atoms with Crippen LogP contribution in [0.1, 0.15) is 13.8 Å². The third kappa shape index (κ3) is 4.85. The fraction of sp³-hybridized carbons (Fsp3) is 0.667. The van der Waals surface area contributed by atoms with Gasteiger partial charge in [0.15, 0.2) is 18.5 Å². The van der Waals surface area contributed by atoms with Crippen LogP contribution < -0.4 is 0 Å². The molecule has 0 amide bonds. The fourth-order valence-electron chi connectivity index (χ4n) is 1.02. The van der Waals surface area contributed by atoms with Crippen molar-refractivity contribution in [1.29, 1.82) is 0 Å². The fourth-order valence-corrected chi connectivity index (χ4v) is 1.02. The van der Waals surface area contributed by atoms with Crippen LogP contribution in [0, 0.1) is 0 Å². The minimum absolute atomic E-state index is 0.216. The second-order valence-corrected chi connectivity index (χ2v) is 3.03. The first-order chi connectivity index (χ1) is 7.42. The van der Waals surface area contributed by atoms with Gasteiger partial charge in [-0.2, -0.15) is 0 Å². The number of esters is 2. The van der Waals surface area contributed by atoms with Gasteiger partial charge in [0.05, 0.1) is 6.61 Å². The lowest BCUT2D eigenvalue weighted by molar-refractivity contribution is -0.176. The Labute approximate surface area is 92.0 Å². The number of hydrogen-bond donors (Lipinski definition) is 2. The molecule has 16 heavy (non-hydrogen) atoms. The summed E-state index contributed by atoms with van der Waals surface area (Å²) in [6.07, 6.45) is -4.14. The third-order valence-electron chi connectivity index (χ3n) is 1.63. The summed E-state index contributed by atoms with van der Waals surface area (Å²) in [6, 6.07) is 0. The second-order valence-electron chi connectivity index (χ2n) is 3.03. The molecule has 0 aromatic rings. The predicted molar refractivity (Wildman–Crippen MR) is 50.3 cm³/mol. The largest absolute Gasteiger partial charge is 0.455 e. The molecule has 0 heterocycles. The Hall–Kier alpha value is -1.47. The van der Waals surface area contributed by atoms with E-state index in [1.165, 1.54) is 0 Å². The van der Waals surface area contributed by atoms with Crippen molar-refractivity contribution in [3.8, 4) is 0 Å². The SMILES string of the molecule is CC(=O)O[C@@H]([C@H](O)CO)[C@H](C=O)OC(C)=O. The molecule has 0 radical (unpaired) electrons. The monoisotopic (exact) mass is 234 g/mol. The highest BCUT2D eigenvalue weighted by atomic mass is 16.6. The molecule has 0 aliphatic heterocycles. The highest BCUT2D eigenvalue weighted by molar-refractivity contribution is 5.71. The molecule has 0 aliphatic carbocycles. The predicted octanol–water partition coefficient (Wildman–Crippen LogP) is -1.60. The van der Waals surface area contributed by atoms with E-state index in [4.69, 9.17) is 5.11 Å². The summed E-state index contributed by atoms with van der Waals surface area (Å²) >= 11 is 0. The zero-order valence-electron chi connectivity index (χ0n) is 8.95. The van der Waals surface area contributed by atoms with Crippen molar-refractivity contribution in [2.45, 2.75) is 32.2 Å². The van der Waals surface area contributed by atoms with Crippen LogP contribution in [0.4, 0.5) is 0 Å². The smallest absolute Gasteiger partial charge is 0.303 e. The van der Waals surface area contributed by atoms with Crippen molar-refractivity contribution in [2.24, 2.45) is 0 Å². The van der Waals surface area contributed by atoms with Gasteiger partial charge in [-0.05, 0) is 0 Å². The van der Waals surface area contributed by atoms with Crippen LogP contribution in [0.15, 0.2) is 0 Å². The van der Waals surface area contributed by atoms with Crippen molar-refractivity contribution in [3.05, 3.63) is 0 Å². The van der Waals surface area contributed by atoms with Crippen LogP contribution >= 0.6 is 0 Å². The molecule has 0 unspecified atom stereocenters. The normalized spacial score (nSPS) is 15.8. The maximum absolute atomic E-state index is 10.7. The van der Waals surface area contributed by atoms with Crippen molar-refractivity contribution in [1.82, 2.24) is 0 Å². The Morgan fingerprint density at radius 1 is 1.25 bits per heavy atom. The minimum Gasteiger partial charge on any atom is -0.455 e. The van der Waals surface area contributed by atoms with E-state index in [1.54, 1.807) is 0 Å². The minimum atomic E-state index is -1.50. The lowest BCUT2D eigenvalue weighted by Gasteiger charge is -2.25. The zero-order valence-corrected chi connectivity index (χ0v) is 8.95. The van der Waals surface area contributed by atoms with Crippen molar-refractivity contribution < 1.29 is 34.1 Å². The molecule has 0 aliphatic rings. The Morgan fingerprint density at radius 3 is 2.06 bits per heavy atom. The Balaban J connectivity index is 4.74. The number of carbonyl (C=O) groups excluding carboxylic acids is 3. The van der Waals surface area contributed by atoms with Gasteiger partial charge in [0.25, 0.3) is 0 Å². The van der Waals surface area contributed by atoms with E-state index in [1.807, 2.05) is 0 Å². The quantitative estimate of drug-likeness (QED) is 0.420. The number of hydrogen-bond acceptors (Lipinski definition) is 7. The zero-order chi connectivity index (χ0) is 12.7. The summed E-state index contributed by atoms with van der Waals surface area (Å²) in [5.41, 5.74) is 0. The number of ether oxygens (including phenoxy) is 2. The number of aliphatic hydroxyl groups excluding tert-OH is 2. The van der Waals surface area contributed by atoms with Crippen LogP contribution in [-0.2, 0) is 23.9 Å². The molecule has 7 nitrogen and oxygen atoms in total. The van der Waals surface area contributed by atoms with E-state index in [0.717, 1.165) is 13.8 Å². The average Bonchev–Trinajstić information content (AvgIpc) is 2.21. The number of aldehydes is 1. The van der Waals surface area contributed by atoms with Gasteiger partial charge >= 0.3 is 11.9 Å². The molecule has 0 bridgehead atoms. The van der Waals surface area contributed by atoms with Gasteiger partial charge < -0.3 is 19.7 Å². The van der Waals surface area contributed by atoms with Gasteiger partial charge in [0.2, 0.25) is 0 Å². The molecule has 0 spiro atoms. The average molecular weight is 234 g/mol. The van der Waals surface area contributed by atoms with Crippen molar-refractivity contribution in [3.63, 3.8) is 0 Å². The van der Waals surface area contributed by atoms with E-state index in [2.05, 4.69) is 9.47 Å². The van der Waals surface area contributed by atoms with Gasteiger partial charge in [-0.25, -0.2) is 0 Å². The summed E-state index contributed by atoms with van der Waals surface area (Å²) in [4.78, 5) is 32.0. The molecule has 0 fully saturated rings. The first-order valence-electron chi connectivity index (χ1n) is 4.51. The van der Waals surface area contributed by atoms with E-state index < -0.39 is 36.9 Å². The molecular formula is C9H14O7. The summed E-state index contributed by atoms with van der Waals surface area (Å²) in [5.74, 6) is -1.53. The maximum atomic E-state index is 10.7. The number of rotatable bonds is 6. The van der Waals surface area contributed by atoms with Crippen molar-refractivity contribution in [2.75, 3.05) is 6.61 Å². The number of aliphatic hydroxyl groups is 2. The van der Waals surface area contributed by atoms with Gasteiger partial charge in [0.1, 0.15) is 6.10 Å². The third-order valence-corrected chi connectivity index (χ3v) is 1.63. The van der Waals surface area contributed by atoms with E-state index >= 15 is 0 Å². The van der Waals surface area contributed by atoms with Crippen molar-refractivity contribution >= 4 is 18.2 Å². The van der Waals surface area contributed by atoms with Crippen LogP contribution in [0.3, 0.4) is 0 Å². The molecule has 3 atom stereocenters. The summed E-state index contributed by atoms with van der Waals surface area (Å²) in [6.45, 7) is 1.39. The van der Waals surface area contributed by atoms with Gasteiger partial charge in [0, 0.05) is 13.8 Å². The Kier molecular flexibility index (Phi) is 6.28. The van der Waals surface area contributed by atoms with Crippen LogP contribution in [-0.4, -0.2) is 53.4 Å². The molecule has 7 heteroatoms. The maximum Gasteiger partial charge on any atom is 0.303 e. The topological polar surface area (TPSA) is 110 Å². The molecule has 92 valence electrons. The highest BCUT2D eigenvalue weighted by Gasteiger charge is 2.33. The summed E-state index contributed by atoms with van der Waals surface area (Å²) in [5, 5.41) is 18.0. The lowest BCUT2D eigenvalue weighted by Crippen LogP contribution is -2.45. The summed E-state index contributed by atoms with van der Waals surface area (Å²) < 4.78 is 9.13. The van der Waals surface area contributed by atoms with E-state index in [9.17, 15) is 19.5 Å².